The third-order valence-corrected chi connectivity index (χ3v) is 15.6. The first-order chi connectivity index (χ1) is 19.7. The van der Waals surface area contributed by atoms with Crippen LogP contribution < -0.4 is 0 Å². The fraction of sp³-hybridized carbons (Fsp3) is 0.795. The average molecular weight is 573 g/mol. The van der Waals surface area contributed by atoms with Gasteiger partial charge < -0.3 is 0 Å². The van der Waals surface area contributed by atoms with E-state index in [0.29, 0.717) is 5.66 Å². The van der Waals surface area contributed by atoms with Gasteiger partial charge in [-0.1, -0.05) is 0 Å². The van der Waals surface area contributed by atoms with Gasteiger partial charge in [-0.05, 0) is 0 Å². The maximum absolute atomic E-state index is 4.50. The van der Waals surface area contributed by atoms with Crippen molar-refractivity contribution in [3.8, 4) is 0 Å². The third-order valence-electron chi connectivity index (χ3n) is 9.64. The Hall–Kier alpha value is -0.610. The summed E-state index contributed by atoms with van der Waals surface area (Å²) in [6.07, 6.45) is 41.5. The van der Waals surface area contributed by atoms with Gasteiger partial charge in [-0.15, -0.1) is 0 Å². The van der Waals surface area contributed by atoms with Gasteiger partial charge in [0.15, 0.2) is 0 Å². The summed E-state index contributed by atoms with van der Waals surface area (Å²) >= 11 is 0. The normalized spacial score (nSPS) is 13.0. The van der Waals surface area contributed by atoms with Gasteiger partial charge in [0.05, 0.1) is 0 Å². The van der Waals surface area contributed by atoms with Crippen molar-refractivity contribution in [3.63, 3.8) is 0 Å². The van der Waals surface area contributed by atoms with Crippen molar-refractivity contribution in [2.24, 2.45) is 0 Å². The van der Waals surface area contributed by atoms with E-state index in [4.69, 9.17) is 0 Å². The van der Waals surface area contributed by atoms with Crippen LogP contribution in [-0.4, -0.2) is 18.5 Å². The van der Waals surface area contributed by atoms with Gasteiger partial charge >= 0.3 is 255 Å². The van der Waals surface area contributed by atoms with E-state index >= 15 is 0 Å². The predicted molar refractivity (Wildman–Crippen MR) is 190 cm³/mol. The van der Waals surface area contributed by atoms with E-state index in [1.54, 1.807) is 5.56 Å². The molecule has 1 aromatic rings. The van der Waals surface area contributed by atoms with Crippen LogP contribution in [-0.2, 0) is 0 Å². The van der Waals surface area contributed by atoms with Crippen molar-refractivity contribution in [1.82, 2.24) is 0 Å². The van der Waals surface area contributed by atoms with Gasteiger partial charge in [0, 0.05) is 0 Å². The molecule has 0 aliphatic carbocycles. The number of hydrogen-bond acceptors (Lipinski definition) is 0. The number of hydrogen-bond donors (Lipinski definition) is 0. The Bertz CT molecular complexity index is 600. The van der Waals surface area contributed by atoms with Crippen LogP contribution in [0.25, 0.3) is 0 Å². The van der Waals surface area contributed by atoms with Crippen LogP contribution in [0.15, 0.2) is 43.0 Å². The molecule has 0 fully saturated rings. The summed E-state index contributed by atoms with van der Waals surface area (Å²) in [6.45, 7) is 11.5. The Morgan fingerprint density at radius 3 is 1.07 bits per heavy atom. The van der Waals surface area contributed by atoms with Crippen LogP contribution in [0.3, 0.4) is 0 Å². The van der Waals surface area contributed by atoms with E-state index in [1.165, 1.54) is 173 Å². The Balaban J connectivity index is 2.83. The summed E-state index contributed by atoms with van der Waals surface area (Å²) in [5.74, 6) is 0. The molecule has 0 aliphatic rings. The van der Waals surface area contributed by atoms with E-state index in [0.717, 1.165) is 0 Å². The topological polar surface area (TPSA) is 0 Å². The second-order valence-electron chi connectivity index (χ2n) is 13.2. The fourth-order valence-corrected chi connectivity index (χ4v) is 13.0. The standard InChI is InChI=1S/C39H73P/c1-5-9-12-15-18-21-24-30-35-40(36-31-25-22-19-16-13-10-6-2,37-32-26-23-20-17-14-11-7-3)39(8-4)38-33-28-27-29-34-38/h8,27-29,33-34,39-40H,4-7,9-26,30-32,35-37H2,1-3H3. The summed E-state index contributed by atoms with van der Waals surface area (Å²) in [4.78, 5) is 0. The minimum atomic E-state index is -1.53. The third kappa shape index (κ3) is 18.0. The molecule has 0 nitrogen and oxygen atoms in total. The molecule has 0 radical (unpaired) electrons. The minimum absolute atomic E-state index is 0.632. The monoisotopic (exact) mass is 573 g/mol. The molecule has 0 aromatic heterocycles. The van der Waals surface area contributed by atoms with Crippen LogP contribution >= 0.6 is 7.26 Å². The molecule has 1 unspecified atom stereocenters. The Morgan fingerprint density at radius 1 is 0.475 bits per heavy atom. The number of benzene rings is 1. The van der Waals surface area contributed by atoms with E-state index in [9.17, 15) is 0 Å². The first-order valence-electron chi connectivity index (χ1n) is 18.4. The van der Waals surface area contributed by atoms with Crippen LogP contribution in [0.4, 0.5) is 0 Å². The van der Waals surface area contributed by atoms with Crippen molar-refractivity contribution in [3.05, 3.63) is 48.6 Å². The molecule has 1 atom stereocenters. The molecular weight excluding hydrogens is 499 g/mol. The van der Waals surface area contributed by atoms with Crippen LogP contribution in [0, 0.1) is 0 Å². The van der Waals surface area contributed by atoms with E-state index < -0.39 is 7.26 Å². The first-order valence-corrected chi connectivity index (χ1v) is 21.1. The van der Waals surface area contributed by atoms with Gasteiger partial charge in [-0.2, -0.15) is 0 Å². The van der Waals surface area contributed by atoms with Gasteiger partial charge in [0.2, 0.25) is 0 Å². The van der Waals surface area contributed by atoms with E-state index in [-0.39, 0.29) is 0 Å². The van der Waals surface area contributed by atoms with Crippen molar-refractivity contribution in [2.75, 3.05) is 18.5 Å². The van der Waals surface area contributed by atoms with E-state index in [2.05, 4.69) is 63.8 Å². The van der Waals surface area contributed by atoms with Gasteiger partial charge in [-0.25, -0.2) is 0 Å². The zero-order valence-corrected chi connectivity index (χ0v) is 28.8. The number of rotatable bonds is 30. The molecular formula is C39H73P. The SMILES string of the molecule is C=CC(c1ccccc1)[PH](CCCCCCCCCC)(CCCCCCCCCC)CCCCCCCCCC. The van der Waals surface area contributed by atoms with Crippen LogP contribution in [0.2, 0.25) is 0 Å². The van der Waals surface area contributed by atoms with Gasteiger partial charge in [-0.3, -0.25) is 0 Å². The average Bonchev–Trinajstić information content (AvgIpc) is 2.98. The summed E-state index contributed by atoms with van der Waals surface area (Å²) in [7, 11) is -1.53. The molecule has 1 aromatic carbocycles. The molecule has 0 aliphatic heterocycles. The molecule has 0 amide bonds. The Morgan fingerprint density at radius 2 is 0.775 bits per heavy atom. The molecule has 40 heavy (non-hydrogen) atoms. The van der Waals surface area contributed by atoms with Crippen molar-refractivity contribution >= 4 is 7.26 Å². The van der Waals surface area contributed by atoms with Crippen molar-refractivity contribution < 1.29 is 0 Å². The Kier molecular flexibility index (Phi) is 25.5. The van der Waals surface area contributed by atoms with Crippen molar-refractivity contribution in [2.45, 2.75) is 181 Å². The zero-order chi connectivity index (χ0) is 29.0. The number of unbranched alkanes of at least 4 members (excludes halogenated alkanes) is 21. The molecule has 234 valence electrons. The van der Waals surface area contributed by atoms with Gasteiger partial charge in [0.25, 0.3) is 0 Å². The predicted octanol–water partition coefficient (Wildman–Crippen LogP) is 14.1. The zero-order valence-electron chi connectivity index (χ0n) is 27.8. The molecule has 1 rings (SSSR count). The second-order valence-corrected chi connectivity index (χ2v) is 18.0. The summed E-state index contributed by atoms with van der Waals surface area (Å²) in [5.41, 5.74) is 2.20. The molecule has 0 heterocycles. The Labute approximate surface area is 254 Å². The molecule has 0 spiro atoms. The number of allylic oxidation sites excluding steroid dienone is 1. The molecule has 0 N–H and O–H groups in total. The maximum atomic E-state index is 4.50. The van der Waals surface area contributed by atoms with Crippen LogP contribution in [0.5, 0.6) is 0 Å². The molecule has 0 saturated heterocycles. The summed E-state index contributed by atoms with van der Waals surface area (Å²) in [6, 6.07) is 11.6. The molecule has 0 bridgehead atoms. The molecule has 1 heteroatoms. The van der Waals surface area contributed by atoms with Crippen LogP contribution in [0.1, 0.15) is 186 Å². The second kappa shape index (κ2) is 27.2. The fourth-order valence-electron chi connectivity index (χ4n) is 7.07. The summed E-state index contributed by atoms with van der Waals surface area (Å²) < 4.78 is 0. The van der Waals surface area contributed by atoms with Gasteiger partial charge in [0.1, 0.15) is 0 Å². The quantitative estimate of drug-likeness (QED) is 0.0488. The summed E-state index contributed by atoms with van der Waals surface area (Å²) in [5, 5.41) is 0. The van der Waals surface area contributed by atoms with Crippen molar-refractivity contribution in [1.29, 1.82) is 0 Å². The van der Waals surface area contributed by atoms with E-state index in [1.807, 2.05) is 0 Å². The molecule has 0 saturated carbocycles. The first kappa shape index (κ1) is 37.4.